The molecule has 0 heterocycles. The Morgan fingerprint density at radius 1 is 1.58 bits per heavy atom. The highest BCUT2D eigenvalue weighted by atomic mass is 19.1. The van der Waals surface area contributed by atoms with Crippen molar-refractivity contribution in [2.75, 3.05) is 6.54 Å². The molecular weight excluding hydrogens is 255 g/mol. The highest BCUT2D eigenvalue weighted by Crippen LogP contribution is 2.16. The van der Waals surface area contributed by atoms with Gasteiger partial charge in [0.1, 0.15) is 5.82 Å². The summed E-state index contributed by atoms with van der Waals surface area (Å²) >= 11 is 0. The van der Waals surface area contributed by atoms with Crippen LogP contribution in [0.3, 0.4) is 0 Å². The van der Waals surface area contributed by atoms with Crippen molar-refractivity contribution < 1.29 is 19.2 Å². The molecule has 0 radical (unpaired) electrons. The summed E-state index contributed by atoms with van der Waals surface area (Å²) in [6.07, 6.45) is 0.551. The number of carbonyl (C=O) groups is 1. The van der Waals surface area contributed by atoms with E-state index in [2.05, 4.69) is 5.32 Å². The Labute approximate surface area is 109 Å². The zero-order valence-electron chi connectivity index (χ0n) is 10.4. The zero-order valence-corrected chi connectivity index (χ0v) is 10.4. The van der Waals surface area contributed by atoms with Gasteiger partial charge in [-0.15, -0.1) is 0 Å². The van der Waals surface area contributed by atoms with E-state index in [1.807, 2.05) is 6.92 Å². The molecule has 7 heteroatoms. The van der Waals surface area contributed by atoms with Gasteiger partial charge in [-0.1, -0.05) is 13.3 Å². The fourth-order valence-corrected chi connectivity index (χ4v) is 1.54. The third-order valence-corrected chi connectivity index (χ3v) is 2.53. The van der Waals surface area contributed by atoms with E-state index in [0.717, 1.165) is 24.6 Å². The van der Waals surface area contributed by atoms with Gasteiger partial charge in [-0.05, 0) is 12.5 Å². The van der Waals surface area contributed by atoms with Gasteiger partial charge in [0, 0.05) is 18.7 Å². The van der Waals surface area contributed by atoms with Crippen LogP contribution < -0.4 is 5.32 Å². The van der Waals surface area contributed by atoms with Crippen LogP contribution in [0.15, 0.2) is 18.2 Å². The number of carbonyl (C=O) groups excluding carboxylic acids is 1. The lowest BCUT2D eigenvalue weighted by Gasteiger charge is -2.10. The van der Waals surface area contributed by atoms with E-state index in [1.54, 1.807) is 0 Å². The molecule has 1 aromatic rings. The van der Waals surface area contributed by atoms with Crippen LogP contribution in [0.4, 0.5) is 10.1 Å². The lowest BCUT2D eigenvalue weighted by molar-refractivity contribution is -0.384. The normalized spacial score (nSPS) is 11.9. The standard InChI is InChI=1S/C12H15FN2O4/c1-2-3-9(16)7-14-12(17)10-6-8(15(18)19)4-5-11(10)13/h4-6,9,16H,2-3,7H2,1H3,(H,14,17). The molecule has 0 bridgehead atoms. The summed E-state index contributed by atoms with van der Waals surface area (Å²) in [5.41, 5.74) is -0.765. The number of aliphatic hydroxyl groups excluding tert-OH is 1. The number of non-ortho nitro benzene ring substituents is 1. The van der Waals surface area contributed by atoms with Crippen molar-refractivity contribution in [1.29, 1.82) is 0 Å². The third-order valence-electron chi connectivity index (χ3n) is 2.53. The molecule has 19 heavy (non-hydrogen) atoms. The molecule has 1 amide bonds. The number of benzene rings is 1. The first-order valence-corrected chi connectivity index (χ1v) is 5.86. The second kappa shape index (κ2) is 6.79. The van der Waals surface area contributed by atoms with Crippen LogP contribution in [-0.2, 0) is 0 Å². The Morgan fingerprint density at radius 3 is 2.84 bits per heavy atom. The molecule has 0 spiro atoms. The Morgan fingerprint density at radius 2 is 2.26 bits per heavy atom. The zero-order chi connectivity index (χ0) is 14.4. The summed E-state index contributed by atoms with van der Waals surface area (Å²) in [6, 6.07) is 2.73. The summed E-state index contributed by atoms with van der Waals surface area (Å²) in [4.78, 5) is 21.5. The molecule has 1 atom stereocenters. The largest absolute Gasteiger partial charge is 0.391 e. The monoisotopic (exact) mass is 270 g/mol. The lowest BCUT2D eigenvalue weighted by atomic mass is 10.1. The Bertz CT molecular complexity index is 479. The van der Waals surface area contributed by atoms with Crippen molar-refractivity contribution in [3.05, 3.63) is 39.7 Å². The van der Waals surface area contributed by atoms with Gasteiger partial charge >= 0.3 is 0 Å². The predicted molar refractivity (Wildman–Crippen MR) is 66.3 cm³/mol. The molecule has 0 aromatic heterocycles. The van der Waals surface area contributed by atoms with Gasteiger partial charge in [0.25, 0.3) is 11.6 Å². The highest BCUT2D eigenvalue weighted by Gasteiger charge is 2.17. The van der Waals surface area contributed by atoms with Gasteiger partial charge in [0.05, 0.1) is 16.6 Å². The molecule has 104 valence electrons. The third kappa shape index (κ3) is 4.29. The topological polar surface area (TPSA) is 92.5 Å². The highest BCUT2D eigenvalue weighted by molar-refractivity contribution is 5.95. The summed E-state index contributed by atoms with van der Waals surface area (Å²) in [6.45, 7) is 1.86. The number of amides is 1. The first kappa shape index (κ1) is 15.0. The van der Waals surface area contributed by atoms with E-state index in [0.29, 0.717) is 6.42 Å². The molecular formula is C12H15FN2O4. The van der Waals surface area contributed by atoms with Crippen LogP contribution in [0.5, 0.6) is 0 Å². The van der Waals surface area contributed by atoms with Gasteiger partial charge in [0.15, 0.2) is 0 Å². The van der Waals surface area contributed by atoms with Crippen LogP contribution in [-0.4, -0.2) is 28.6 Å². The summed E-state index contributed by atoms with van der Waals surface area (Å²) in [5, 5.41) is 22.3. The number of nitrogens with zero attached hydrogens (tertiary/aromatic N) is 1. The van der Waals surface area contributed by atoms with Gasteiger partial charge in [-0.3, -0.25) is 14.9 Å². The van der Waals surface area contributed by atoms with Crippen LogP contribution in [0.1, 0.15) is 30.1 Å². The van der Waals surface area contributed by atoms with E-state index in [1.165, 1.54) is 0 Å². The van der Waals surface area contributed by atoms with E-state index in [4.69, 9.17) is 0 Å². The summed E-state index contributed by atoms with van der Waals surface area (Å²) in [5.74, 6) is -1.62. The average molecular weight is 270 g/mol. The fourth-order valence-electron chi connectivity index (χ4n) is 1.54. The van der Waals surface area contributed by atoms with Crippen molar-refractivity contribution >= 4 is 11.6 Å². The number of halogens is 1. The SMILES string of the molecule is CCCC(O)CNC(=O)c1cc([N+](=O)[O-])ccc1F. The minimum atomic E-state index is -0.840. The van der Waals surface area contributed by atoms with Crippen molar-refractivity contribution in [2.24, 2.45) is 0 Å². The van der Waals surface area contributed by atoms with Gasteiger partial charge in [-0.25, -0.2) is 4.39 Å². The number of hydrogen-bond donors (Lipinski definition) is 2. The molecule has 1 unspecified atom stereocenters. The van der Waals surface area contributed by atoms with Crippen LogP contribution in [0.25, 0.3) is 0 Å². The molecule has 0 saturated heterocycles. The molecule has 0 aliphatic rings. The first-order valence-electron chi connectivity index (χ1n) is 5.86. The Hall–Kier alpha value is -2.02. The number of rotatable bonds is 6. The Kier molecular flexibility index (Phi) is 5.37. The average Bonchev–Trinajstić information content (AvgIpc) is 2.36. The number of nitro benzene ring substituents is 1. The molecule has 0 aliphatic carbocycles. The number of nitrogens with one attached hydrogen (secondary N) is 1. The van der Waals surface area contributed by atoms with Gasteiger partial charge < -0.3 is 10.4 Å². The van der Waals surface area contributed by atoms with Crippen molar-refractivity contribution in [2.45, 2.75) is 25.9 Å². The second-order valence-electron chi connectivity index (χ2n) is 4.07. The summed E-state index contributed by atoms with van der Waals surface area (Å²) < 4.78 is 13.4. The smallest absolute Gasteiger partial charge is 0.270 e. The van der Waals surface area contributed by atoms with E-state index in [9.17, 15) is 24.4 Å². The molecule has 2 N–H and O–H groups in total. The number of aliphatic hydroxyl groups is 1. The minimum Gasteiger partial charge on any atom is -0.391 e. The minimum absolute atomic E-state index is 0.0190. The predicted octanol–water partition coefficient (Wildman–Crippen LogP) is 1.62. The van der Waals surface area contributed by atoms with Crippen LogP contribution in [0.2, 0.25) is 0 Å². The number of hydrogen-bond acceptors (Lipinski definition) is 4. The fraction of sp³-hybridized carbons (Fsp3) is 0.417. The second-order valence-corrected chi connectivity index (χ2v) is 4.07. The van der Waals surface area contributed by atoms with Crippen molar-refractivity contribution in [3.63, 3.8) is 0 Å². The number of nitro groups is 1. The maximum Gasteiger partial charge on any atom is 0.270 e. The van der Waals surface area contributed by atoms with Gasteiger partial charge in [-0.2, -0.15) is 0 Å². The molecule has 0 saturated carbocycles. The Balaban J connectivity index is 2.76. The van der Waals surface area contributed by atoms with Gasteiger partial charge in [0.2, 0.25) is 0 Å². The molecule has 1 aromatic carbocycles. The van der Waals surface area contributed by atoms with Crippen molar-refractivity contribution in [3.8, 4) is 0 Å². The van der Waals surface area contributed by atoms with E-state index < -0.39 is 28.3 Å². The van der Waals surface area contributed by atoms with Crippen LogP contribution >= 0.6 is 0 Å². The van der Waals surface area contributed by atoms with Crippen LogP contribution in [0, 0.1) is 15.9 Å². The maximum absolute atomic E-state index is 13.4. The van der Waals surface area contributed by atoms with E-state index in [-0.39, 0.29) is 12.2 Å². The van der Waals surface area contributed by atoms with Crippen molar-refractivity contribution in [1.82, 2.24) is 5.32 Å². The maximum atomic E-state index is 13.4. The first-order chi connectivity index (χ1) is 8.95. The van der Waals surface area contributed by atoms with E-state index >= 15 is 0 Å². The molecule has 1 rings (SSSR count). The summed E-state index contributed by atoms with van der Waals surface area (Å²) in [7, 11) is 0. The lowest BCUT2D eigenvalue weighted by Crippen LogP contribution is -2.32. The molecule has 0 fully saturated rings. The molecule has 0 aliphatic heterocycles. The molecule has 6 nitrogen and oxygen atoms in total. The quantitative estimate of drug-likeness (QED) is 0.607.